The molecule has 0 fully saturated rings. The molecule has 0 bridgehead atoms. The fraction of sp³-hybridized carbons (Fsp3) is 0.346. The molecule has 1 atom stereocenters. The SMILES string of the molecule is CCCCc1cc(NC(=O)Nc2ccc(Cl)cc2)n(-c2cccc(CC(C)C(=O)OCC)c2)n1. The minimum absolute atomic E-state index is 0.213. The third-order valence-electron chi connectivity index (χ3n) is 5.28. The van der Waals surface area contributed by atoms with Gasteiger partial charge in [0, 0.05) is 16.8 Å². The normalized spacial score (nSPS) is 11.6. The van der Waals surface area contributed by atoms with Crippen LogP contribution in [-0.4, -0.2) is 28.4 Å². The highest BCUT2D eigenvalue weighted by Crippen LogP contribution is 2.22. The Morgan fingerprint density at radius 2 is 1.85 bits per heavy atom. The van der Waals surface area contributed by atoms with Crippen molar-refractivity contribution in [1.82, 2.24) is 9.78 Å². The lowest BCUT2D eigenvalue weighted by Gasteiger charge is -2.13. The Balaban J connectivity index is 1.82. The molecule has 0 saturated heterocycles. The van der Waals surface area contributed by atoms with Gasteiger partial charge in [-0.3, -0.25) is 10.1 Å². The van der Waals surface area contributed by atoms with Crippen molar-refractivity contribution >= 4 is 35.1 Å². The second kappa shape index (κ2) is 12.2. The summed E-state index contributed by atoms with van der Waals surface area (Å²) < 4.78 is 6.86. The van der Waals surface area contributed by atoms with Crippen LogP contribution in [-0.2, 0) is 22.4 Å². The van der Waals surface area contributed by atoms with Gasteiger partial charge in [0.2, 0.25) is 0 Å². The molecule has 1 heterocycles. The number of carbonyl (C=O) groups is 2. The Bertz CT molecular complexity index is 1110. The third-order valence-corrected chi connectivity index (χ3v) is 5.53. The predicted octanol–water partition coefficient (Wildman–Crippen LogP) is 6.25. The van der Waals surface area contributed by atoms with E-state index in [4.69, 9.17) is 21.4 Å². The molecule has 0 aliphatic carbocycles. The molecule has 0 aliphatic heterocycles. The number of anilines is 2. The highest BCUT2D eigenvalue weighted by Gasteiger charge is 2.17. The molecule has 7 nitrogen and oxygen atoms in total. The summed E-state index contributed by atoms with van der Waals surface area (Å²) in [5.74, 6) is 0.0962. The molecule has 0 saturated carbocycles. The Labute approximate surface area is 205 Å². The molecule has 180 valence electrons. The number of benzene rings is 2. The number of ether oxygens (including phenoxy) is 1. The van der Waals surface area contributed by atoms with Crippen molar-refractivity contribution in [1.29, 1.82) is 0 Å². The fourth-order valence-electron chi connectivity index (χ4n) is 3.54. The van der Waals surface area contributed by atoms with Gasteiger partial charge in [-0.2, -0.15) is 5.10 Å². The average molecular weight is 483 g/mol. The second-order valence-corrected chi connectivity index (χ2v) is 8.59. The van der Waals surface area contributed by atoms with Crippen molar-refractivity contribution < 1.29 is 14.3 Å². The second-order valence-electron chi connectivity index (χ2n) is 8.15. The number of aryl methyl sites for hydroxylation is 1. The molecule has 2 N–H and O–H groups in total. The van der Waals surface area contributed by atoms with Gasteiger partial charge in [0.15, 0.2) is 0 Å². The number of carbonyl (C=O) groups excluding carboxylic acids is 2. The first-order valence-electron chi connectivity index (χ1n) is 11.6. The summed E-state index contributed by atoms with van der Waals surface area (Å²) in [6.45, 7) is 6.15. The summed E-state index contributed by atoms with van der Waals surface area (Å²) in [5.41, 5.74) is 3.32. The zero-order valence-corrected chi connectivity index (χ0v) is 20.6. The van der Waals surface area contributed by atoms with Crippen molar-refractivity contribution in [2.24, 2.45) is 5.92 Å². The Morgan fingerprint density at radius 3 is 2.56 bits per heavy atom. The molecule has 2 amide bonds. The average Bonchev–Trinajstić information content (AvgIpc) is 3.22. The van der Waals surface area contributed by atoms with Gasteiger partial charge >= 0.3 is 12.0 Å². The van der Waals surface area contributed by atoms with Crippen LogP contribution >= 0.6 is 11.6 Å². The van der Waals surface area contributed by atoms with Crippen LogP contribution in [0.15, 0.2) is 54.6 Å². The maximum Gasteiger partial charge on any atom is 0.324 e. The number of esters is 1. The number of nitrogens with one attached hydrogen (secondary N) is 2. The zero-order chi connectivity index (χ0) is 24.5. The molecule has 1 unspecified atom stereocenters. The number of unbranched alkanes of at least 4 members (excludes halogenated alkanes) is 1. The van der Waals surface area contributed by atoms with Crippen LogP contribution in [0, 0.1) is 5.92 Å². The van der Waals surface area contributed by atoms with Crippen molar-refractivity contribution in [3.63, 3.8) is 0 Å². The monoisotopic (exact) mass is 482 g/mol. The van der Waals surface area contributed by atoms with Crippen molar-refractivity contribution in [3.05, 3.63) is 70.9 Å². The van der Waals surface area contributed by atoms with Crippen LogP contribution < -0.4 is 10.6 Å². The van der Waals surface area contributed by atoms with Crippen molar-refractivity contribution in [2.75, 3.05) is 17.2 Å². The first-order chi connectivity index (χ1) is 16.4. The number of rotatable bonds is 10. The van der Waals surface area contributed by atoms with E-state index >= 15 is 0 Å². The van der Waals surface area contributed by atoms with E-state index in [0.29, 0.717) is 29.6 Å². The first-order valence-corrected chi connectivity index (χ1v) is 12.0. The maximum atomic E-state index is 12.7. The lowest BCUT2D eigenvalue weighted by molar-refractivity contribution is -0.147. The molecule has 0 aliphatic rings. The van der Waals surface area contributed by atoms with Crippen molar-refractivity contribution in [3.8, 4) is 5.69 Å². The van der Waals surface area contributed by atoms with Gasteiger partial charge in [0.1, 0.15) is 5.82 Å². The number of amides is 2. The van der Waals surface area contributed by atoms with Gasteiger partial charge < -0.3 is 10.1 Å². The quantitative estimate of drug-likeness (QED) is 0.334. The summed E-state index contributed by atoms with van der Waals surface area (Å²) in [6, 6.07) is 16.2. The molecule has 2 aromatic carbocycles. The summed E-state index contributed by atoms with van der Waals surface area (Å²) >= 11 is 5.92. The fourth-order valence-corrected chi connectivity index (χ4v) is 3.67. The number of urea groups is 1. The number of nitrogens with zero attached hydrogens (tertiary/aromatic N) is 2. The van der Waals surface area contributed by atoms with Crippen LogP contribution in [0.5, 0.6) is 0 Å². The Kier molecular flexibility index (Phi) is 9.10. The van der Waals surface area contributed by atoms with E-state index in [2.05, 4.69) is 17.6 Å². The largest absolute Gasteiger partial charge is 0.466 e. The Morgan fingerprint density at radius 1 is 1.09 bits per heavy atom. The summed E-state index contributed by atoms with van der Waals surface area (Å²) in [4.78, 5) is 24.7. The lowest BCUT2D eigenvalue weighted by atomic mass is 10.0. The van der Waals surface area contributed by atoms with Gasteiger partial charge in [-0.25, -0.2) is 9.48 Å². The maximum absolute atomic E-state index is 12.7. The summed E-state index contributed by atoms with van der Waals surface area (Å²) in [7, 11) is 0. The number of halogens is 1. The van der Waals surface area contributed by atoms with Crippen LogP contribution in [0.25, 0.3) is 5.69 Å². The van der Waals surface area contributed by atoms with Gasteiger partial charge in [-0.1, -0.05) is 44.0 Å². The highest BCUT2D eigenvalue weighted by atomic mass is 35.5. The summed E-state index contributed by atoms with van der Waals surface area (Å²) in [6.07, 6.45) is 3.42. The van der Waals surface area contributed by atoms with Gasteiger partial charge in [0.25, 0.3) is 0 Å². The number of hydrogen-bond acceptors (Lipinski definition) is 4. The first kappa shape index (κ1) is 25.3. The van der Waals surface area contributed by atoms with Crippen LogP contribution in [0.1, 0.15) is 44.9 Å². The molecule has 3 aromatic rings. The van der Waals surface area contributed by atoms with Gasteiger partial charge in [-0.15, -0.1) is 0 Å². The molecule has 3 rings (SSSR count). The van der Waals surface area contributed by atoms with Crippen LogP contribution in [0.4, 0.5) is 16.3 Å². The number of hydrogen-bond donors (Lipinski definition) is 2. The van der Waals surface area contributed by atoms with E-state index in [1.165, 1.54) is 0 Å². The van der Waals surface area contributed by atoms with E-state index in [-0.39, 0.29) is 17.9 Å². The van der Waals surface area contributed by atoms with E-state index in [0.717, 1.165) is 36.2 Å². The minimum atomic E-state index is -0.377. The summed E-state index contributed by atoms with van der Waals surface area (Å²) in [5, 5.41) is 11.1. The smallest absolute Gasteiger partial charge is 0.324 e. The van der Waals surface area contributed by atoms with Gasteiger partial charge in [0.05, 0.1) is 23.9 Å². The minimum Gasteiger partial charge on any atom is -0.466 e. The predicted molar refractivity (Wildman–Crippen MR) is 136 cm³/mol. The molecule has 0 spiro atoms. The van der Waals surface area contributed by atoms with Gasteiger partial charge in [-0.05, 0) is 68.1 Å². The van der Waals surface area contributed by atoms with Crippen molar-refractivity contribution in [2.45, 2.75) is 46.5 Å². The van der Waals surface area contributed by atoms with E-state index in [1.54, 1.807) is 35.9 Å². The van der Waals surface area contributed by atoms with E-state index < -0.39 is 0 Å². The Hall–Kier alpha value is -3.32. The lowest BCUT2D eigenvalue weighted by Crippen LogP contribution is -2.21. The third kappa shape index (κ3) is 7.09. The standard InChI is InChI=1S/C26H31ClN4O3/c1-4-6-9-22-17-24(29-26(33)28-21-13-11-20(27)12-14-21)31(30-22)23-10-7-8-19(16-23)15-18(3)25(32)34-5-2/h7-8,10-14,16-18H,4-6,9,15H2,1-3H3,(H2,28,29,33). The van der Waals surface area contributed by atoms with E-state index in [9.17, 15) is 9.59 Å². The molecular weight excluding hydrogens is 452 g/mol. The van der Waals surface area contributed by atoms with Crippen LogP contribution in [0.2, 0.25) is 5.02 Å². The van der Waals surface area contributed by atoms with E-state index in [1.807, 2.05) is 37.3 Å². The number of aromatic nitrogens is 2. The molecule has 1 aromatic heterocycles. The highest BCUT2D eigenvalue weighted by molar-refractivity contribution is 6.30. The molecule has 34 heavy (non-hydrogen) atoms. The molecule has 0 radical (unpaired) electrons. The van der Waals surface area contributed by atoms with Crippen LogP contribution in [0.3, 0.4) is 0 Å². The molecular formula is C26H31ClN4O3. The molecule has 8 heteroatoms. The zero-order valence-electron chi connectivity index (χ0n) is 19.8. The topological polar surface area (TPSA) is 85.2 Å².